The van der Waals surface area contributed by atoms with Crippen molar-refractivity contribution in [2.75, 3.05) is 0 Å². The summed E-state index contributed by atoms with van der Waals surface area (Å²) < 4.78 is 0. The summed E-state index contributed by atoms with van der Waals surface area (Å²) in [5, 5.41) is 6.89. The largest absolute Gasteiger partial charge is 0.483 e. The summed E-state index contributed by atoms with van der Waals surface area (Å²) in [4.78, 5) is 8.36. The van der Waals surface area contributed by atoms with Crippen LogP contribution in [0, 0.1) is 0 Å². The van der Waals surface area contributed by atoms with Crippen molar-refractivity contribution in [1.82, 2.24) is 0 Å². The van der Waals surface area contributed by atoms with Gasteiger partial charge in [-0.2, -0.15) is 0 Å². The van der Waals surface area contributed by atoms with Crippen molar-refractivity contribution < 1.29 is 9.90 Å². The molecule has 0 aliphatic rings. The van der Waals surface area contributed by atoms with E-state index in [1.165, 1.54) is 109 Å². The predicted octanol–water partition coefficient (Wildman–Crippen LogP) is 7.52. The second-order valence-electron chi connectivity index (χ2n) is 6.49. The maximum atomic E-state index is 8.36. The maximum absolute atomic E-state index is 8.36. The van der Waals surface area contributed by atoms with Crippen LogP contribution >= 0.6 is 0 Å². The Morgan fingerprint density at radius 2 is 0.913 bits per heavy atom. The van der Waals surface area contributed by atoms with Gasteiger partial charge in [0, 0.05) is 0 Å². The molecule has 0 aromatic carbocycles. The van der Waals surface area contributed by atoms with E-state index in [4.69, 9.17) is 9.90 Å². The van der Waals surface area contributed by atoms with Crippen molar-refractivity contribution in [3.8, 4) is 0 Å². The summed E-state index contributed by atoms with van der Waals surface area (Å²) >= 11 is 0. The Labute approximate surface area is 145 Å². The molecule has 138 valence electrons. The number of rotatable bonds is 17. The van der Waals surface area contributed by atoms with Crippen molar-refractivity contribution in [3.63, 3.8) is 0 Å². The molecule has 0 bridgehead atoms. The molecule has 1 N–H and O–H groups in total. The highest BCUT2D eigenvalue weighted by atomic mass is 16.3. The molecule has 0 unspecified atom stereocenters. The van der Waals surface area contributed by atoms with Crippen LogP contribution in [0.25, 0.3) is 0 Å². The molecule has 23 heavy (non-hydrogen) atoms. The van der Waals surface area contributed by atoms with Crippen molar-refractivity contribution in [3.05, 3.63) is 12.7 Å². The van der Waals surface area contributed by atoms with E-state index >= 15 is 0 Å². The van der Waals surface area contributed by atoms with Gasteiger partial charge in [-0.1, -0.05) is 109 Å². The van der Waals surface area contributed by atoms with E-state index in [0.717, 1.165) is 0 Å². The predicted molar refractivity (Wildman–Crippen MR) is 103 cm³/mol. The van der Waals surface area contributed by atoms with Crippen LogP contribution in [0.1, 0.15) is 116 Å². The fourth-order valence-electron chi connectivity index (χ4n) is 2.84. The SMILES string of the molecule is C=CCCCCCCCCCCCCCCCCCC.O=CO. The highest BCUT2D eigenvalue weighted by Gasteiger charge is 1.94. The molecule has 0 atom stereocenters. The lowest BCUT2D eigenvalue weighted by atomic mass is 10.0. The zero-order valence-corrected chi connectivity index (χ0v) is 15.7. The molecule has 0 spiro atoms. The summed E-state index contributed by atoms with van der Waals surface area (Å²) in [5.74, 6) is 0. The van der Waals surface area contributed by atoms with E-state index in [1.807, 2.05) is 6.08 Å². The summed E-state index contributed by atoms with van der Waals surface area (Å²) in [6, 6.07) is 0. The number of unbranched alkanes of at least 4 members (excludes halogenated alkanes) is 16. The van der Waals surface area contributed by atoms with Crippen molar-refractivity contribution in [1.29, 1.82) is 0 Å². The third-order valence-corrected chi connectivity index (χ3v) is 4.26. The van der Waals surface area contributed by atoms with Crippen LogP contribution in [0.2, 0.25) is 0 Å². The van der Waals surface area contributed by atoms with Crippen molar-refractivity contribution >= 4 is 6.47 Å². The fourth-order valence-corrected chi connectivity index (χ4v) is 2.84. The van der Waals surface area contributed by atoms with E-state index in [0.29, 0.717) is 0 Å². The van der Waals surface area contributed by atoms with Crippen molar-refractivity contribution in [2.45, 2.75) is 116 Å². The molecule has 0 rings (SSSR count). The molecule has 2 nitrogen and oxygen atoms in total. The number of carbonyl (C=O) groups is 1. The van der Waals surface area contributed by atoms with Gasteiger partial charge in [0.15, 0.2) is 0 Å². The first-order chi connectivity index (χ1) is 11.3. The Morgan fingerprint density at radius 1 is 0.652 bits per heavy atom. The second kappa shape index (κ2) is 26.1. The lowest BCUT2D eigenvalue weighted by Crippen LogP contribution is -1.83. The minimum atomic E-state index is -0.250. The molecular weight excluding hydrogens is 284 g/mol. The molecule has 0 heterocycles. The normalized spacial score (nSPS) is 9.96. The van der Waals surface area contributed by atoms with Gasteiger partial charge >= 0.3 is 0 Å². The average Bonchev–Trinajstić information content (AvgIpc) is 2.55. The zero-order valence-electron chi connectivity index (χ0n) is 15.7. The van der Waals surface area contributed by atoms with E-state index in [1.54, 1.807) is 0 Å². The van der Waals surface area contributed by atoms with Crippen LogP contribution in [0.3, 0.4) is 0 Å². The first-order valence-electron chi connectivity index (χ1n) is 10.0. The topological polar surface area (TPSA) is 37.3 Å². The standard InChI is InChI=1S/C20H40.CH2O2/c1-3-5-7-9-11-13-15-17-19-20-18-16-14-12-10-8-6-4-2;2-1-3/h3H,1,4-20H2,2H3;1H,(H,2,3). The van der Waals surface area contributed by atoms with Gasteiger partial charge in [-0.3, -0.25) is 4.79 Å². The molecule has 0 radical (unpaired) electrons. The first kappa shape index (κ1) is 24.5. The minimum Gasteiger partial charge on any atom is -0.483 e. The van der Waals surface area contributed by atoms with Gasteiger partial charge in [-0.15, -0.1) is 6.58 Å². The van der Waals surface area contributed by atoms with Crippen LogP contribution in [0.15, 0.2) is 12.7 Å². The molecule has 2 heteroatoms. The highest BCUT2D eigenvalue weighted by Crippen LogP contribution is 2.13. The molecule has 0 saturated carbocycles. The van der Waals surface area contributed by atoms with E-state index in [-0.39, 0.29) is 6.47 Å². The Morgan fingerprint density at radius 3 is 1.17 bits per heavy atom. The third kappa shape index (κ3) is 29.8. The van der Waals surface area contributed by atoms with E-state index in [2.05, 4.69) is 13.5 Å². The summed E-state index contributed by atoms with van der Waals surface area (Å²) in [6.07, 6.45) is 26.4. The molecular formula is C21H42O2. The number of carboxylic acid groups (broad SMARTS) is 1. The quantitative estimate of drug-likeness (QED) is 0.170. The van der Waals surface area contributed by atoms with Gasteiger partial charge in [-0.05, 0) is 12.8 Å². The average molecular weight is 327 g/mol. The molecule has 0 saturated heterocycles. The van der Waals surface area contributed by atoms with E-state index in [9.17, 15) is 0 Å². The molecule has 0 aliphatic heterocycles. The molecule has 0 aromatic rings. The van der Waals surface area contributed by atoms with Gasteiger partial charge in [-0.25, -0.2) is 0 Å². The van der Waals surface area contributed by atoms with Gasteiger partial charge in [0.25, 0.3) is 6.47 Å². The first-order valence-corrected chi connectivity index (χ1v) is 10.0. The number of hydrogen-bond acceptors (Lipinski definition) is 1. The Bertz CT molecular complexity index is 214. The minimum absolute atomic E-state index is 0.250. The second-order valence-corrected chi connectivity index (χ2v) is 6.49. The lowest BCUT2D eigenvalue weighted by Gasteiger charge is -2.03. The summed E-state index contributed by atoms with van der Waals surface area (Å²) in [5.41, 5.74) is 0. The number of hydrogen-bond donors (Lipinski definition) is 1. The Balaban J connectivity index is 0. The molecule has 0 aromatic heterocycles. The summed E-state index contributed by atoms with van der Waals surface area (Å²) in [7, 11) is 0. The summed E-state index contributed by atoms with van der Waals surface area (Å²) in [6.45, 7) is 5.81. The number of allylic oxidation sites excluding steroid dienone is 1. The maximum Gasteiger partial charge on any atom is 0.290 e. The van der Waals surface area contributed by atoms with Crippen LogP contribution in [0.5, 0.6) is 0 Å². The van der Waals surface area contributed by atoms with Crippen molar-refractivity contribution in [2.24, 2.45) is 0 Å². The fraction of sp³-hybridized carbons (Fsp3) is 0.857. The Hall–Kier alpha value is -0.790. The van der Waals surface area contributed by atoms with Gasteiger partial charge < -0.3 is 5.11 Å². The Kier molecular flexibility index (Phi) is 27.8. The van der Waals surface area contributed by atoms with Crippen LogP contribution in [0.4, 0.5) is 0 Å². The van der Waals surface area contributed by atoms with Crippen LogP contribution in [-0.2, 0) is 4.79 Å². The van der Waals surface area contributed by atoms with Gasteiger partial charge in [0.1, 0.15) is 0 Å². The van der Waals surface area contributed by atoms with E-state index < -0.39 is 0 Å². The van der Waals surface area contributed by atoms with Crippen LogP contribution < -0.4 is 0 Å². The monoisotopic (exact) mass is 326 g/mol. The van der Waals surface area contributed by atoms with Gasteiger partial charge in [0.2, 0.25) is 0 Å². The molecule has 0 fully saturated rings. The molecule has 0 aliphatic carbocycles. The third-order valence-electron chi connectivity index (χ3n) is 4.26. The smallest absolute Gasteiger partial charge is 0.290 e. The van der Waals surface area contributed by atoms with Gasteiger partial charge in [0.05, 0.1) is 0 Å². The lowest BCUT2D eigenvalue weighted by molar-refractivity contribution is -0.122. The zero-order chi connectivity index (χ0) is 17.4. The highest BCUT2D eigenvalue weighted by molar-refractivity contribution is 5.32. The molecule has 0 amide bonds. The van der Waals surface area contributed by atoms with Crippen LogP contribution in [-0.4, -0.2) is 11.6 Å².